The zero-order valence-electron chi connectivity index (χ0n) is 16.2. The predicted octanol–water partition coefficient (Wildman–Crippen LogP) is 2.36. The standard InChI is InChI=1S/C20H23FN4O2S/c1-14-20(15-5-4-6-17(11-15)28(26,27)24(2)3)18-12-23-10-8-19(18)25(14)13-16(21)7-9-22/h4-8,10-12H,9,13,22H2,1-3H3/p+1. The van der Waals surface area contributed by atoms with Crippen LogP contribution in [0.1, 0.15) is 5.69 Å². The van der Waals surface area contributed by atoms with Crippen LogP contribution in [0.3, 0.4) is 0 Å². The summed E-state index contributed by atoms with van der Waals surface area (Å²) in [6.45, 7) is 2.38. The summed E-state index contributed by atoms with van der Waals surface area (Å²) in [5.41, 5.74) is 6.94. The second-order valence-electron chi connectivity index (χ2n) is 6.69. The zero-order valence-corrected chi connectivity index (χ0v) is 17.0. The molecule has 0 spiro atoms. The normalized spacial score (nSPS) is 12.9. The van der Waals surface area contributed by atoms with Gasteiger partial charge in [-0.3, -0.25) is 4.98 Å². The molecule has 0 saturated carbocycles. The van der Waals surface area contributed by atoms with E-state index in [-0.39, 0.29) is 17.3 Å². The third-order valence-electron chi connectivity index (χ3n) is 4.70. The van der Waals surface area contributed by atoms with Crippen molar-refractivity contribution in [2.24, 2.45) is 0 Å². The molecule has 3 N–H and O–H groups in total. The Hall–Kier alpha value is -2.55. The number of quaternary nitrogens is 1. The first kappa shape index (κ1) is 20.2. The Balaban J connectivity index is 2.23. The van der Waals surface area contributed by atoms with Gasteiger partial charge in [0.15, 0.2) is 0 Å². The molecule has 0 saturated heterocycles. The van der Waals surface area contributed by atoms with Gasteiger partial charge in [0.25, 0.3) is 0 Å². The molecule has 0 unspecified atom stereocenters. The van der Waals surface area contributed by atoms with Gasteiger partial charge in [0, 0.05) is 49.2 Å². The molecule has 0 fully saturated rings. The second-order valence-corrected chi connectivity index (χ2v) is 8.85. The summed E-state index contributed by atoms with van der Waals surface area (Å²) in [6.07, 6.45) is 4.85. The lowest BCUT2D eigenvalue weighted by atomic mass is 10.0. The van der Waals surface area contributed by atoms with E-state index in [0.717, 1.165) is 27.7 Å². The van der Waals surface area contributed by atoms with Crippen LogP contribution in [0, 0.1) is 6.92 Å². The number of allylic oxidation sites excluding steroid dienone is 1. The Morgan fingerprint density at radius 1 is 1.32 bits per heavy atom. The van der Waals surface area contributed by atoms with E-state index in [1.54, 1.807) is 30.6 Å². The largest absolute Gasteiger partial charge is 0.354 e. The number of halogens is 1. The molecule has 0 bridgehead atoms. The van der Waals surface area contributed by atoms with E-state index >= 15 is 0 Å². The van der Waals surface area contributed by atoms with Crippen LogP contribution in [0.4, 0.5) is 4.39 Å². The van der Waals surface area contributed by atoms with Gasteiger partial charge in [-0.05, 0) is 30.7 Å². The number of fused-ring (bicyclic) bond motifs is 1. The lowest BCUT2D eigenvalue weighted by molar-refractivity contribution is -0.353. The van der Waals surface area contributed by atoms with Gasteiger partial charge in [0.2, 0.25) is 10.0 Å². The van der Waals surface area contributed by atoms with Crippen molar-refractivity contribution in [3.8, 4) is 11.1 Å². The van der Waals surface area contributed by atoms with Gasteiger partial charge in [0.05, 0.1) is 23.5 Å². The summed E-state index contributed by atoms with van der Waals surface area (Å²) < 4.78 is 42.3. The Morgan fingerprint density at radius 2 is 2.07 bits per heavy atom. The molecule has 0 radical (unpaired) electrons. The fourth-order valence-electron chi connectivity index (χ4n) is 3.29. The minimum absolute atomic E-state index is 0.0948. The summed E-state index contributed by atoms with van der Waals surface area (Å²) in [5, 5.41) is 0.849. The van der Waals surface area contributed by atoms with E-state index < -0.39 is 10.0 Å². The fourth-order valence-corrected chi connectivity index (χ4v) is 4.24. The van der Waals surface area contributed by atoms with Crippen molar-refractivity contribution in [3.63, 3.8) is 0 Å². The molecule has 3 rings (SSSR count). The van der Waals surface area contributed by atoms with Crippen LogP contribution in [-0.4, -0.2) is 42.9 Å². The van der Waals surface area contributed by atoms with Gasteiger partial charge < -0.3 is 10.3 Å². The number of aromatic nitrogens is 2. The van der Waals surface area contributed by atoms with Crippen molar-refractivity contribution < 1.29 is 18.5 Å². The molecule has 3 aromatic rings. The fraction of sp³-hybridized carbons (Fsp3) is 0.250. The van der Waals surface area contributed by atoms with Crippen LogP contribution >= 0.6 is 0 Å². The van der Waals surface area contributed by atoms with E-state index in [4.69, 9.17) is 0 Å². The molecule has 148 valence electrons. The molecule has 28 heavy (non-hydrogen) atoms. The minimum atomic E-state index is -3.56. The SMILES string of the molecule is Cc1c(-c2cccc(S(=O)(=O)N(C)C)c2)c2cnccc2n1CC(F)=CC[NH3+]. The molecule has 6 nitrogen and oxygen atoms in total. The van der Waals surface area contributed by atoms with Crippen molar-refractivity contribution in [1.82, 2.24) is 13.9 Å². The van der Waals surface area contributed by atoms with Crippen LogP contribution in [0.15, 0.2) is 59.5 Å². The molecule has 0 atom stereocenters. The summed E-state index contributed by atoms with van der Waals surface area (Å²) in [5.74, 6) is -0.262. The predicted molar refractivity (Wildman–Crippen MR) is 108 cm³/mol. The van der Waals surface area contributed by atoms with Crippen LogP contribution in [0.25, 0.3) is 22.0 Å². The maximum Gasteiger partial charge on any atom is 0.242 e. The lowest BCUT2D eigenvalue weighted by Gasteiger charge is -2.13. The Morgan fingerprint density at radius 3 is 2.75 bits per heavy atom. The maximum absolute atomic E-state index is 14.2. The molecule has 8 heteroatoms. The van der Waals surface area contributed by atoms with Crippen molar-refractivity contribution >= 4 is 20.9 Å². The highest BCUT2D eigenvalue weighted by Gasteiger charge is 2.21. The second kappa shape index (κ2) is 7.83. The van der Waals surface area contributed by atoms with Crippen LogP contribution in [0.5, 0.6) is 0 Å². The van der Waals surface area contributed by atoms with E-state index in [1.165, 1.54) is 24.5 Å². The zero-order chi connectivity index (χ0) is 20.5. The molecule has 2 aromatic heterocycles. The quantitative estimate of drug-likeness (QED) is 0.686. The van der Waals surface area contributed by atoms with Crippen molar-refractivity contribution in [2.45, 2.75) is 18.4 Å². The van der Waals surface area contributed by atoms with Gasteiger partial charge in [-0.1, -0.05) is 12.1 Å². The highest BCUT2D eigenvalue weighted by molar-refractivity contribution is 7.89. The lowest BCUT2D eigenvalue weighted by Crippen LogP contribution is -2.49. The summed E-state index contributed by atoms with van der Waals surface area (Å²) in [6, 6.07) is 8.63. The Kier molecular flexibility index (Phi) is 5.64. The molecular weight excluding hydrogens is 379 g/mol. The van der Waals surface area contributed by atoms with Crippen LogP contribution in [0.2, 0.25) is 0 Å². The molecular formula is C20H24FN4O2S+. The summed E-state index contributed by atoms with van der Waals surface area (Å²) in [7, 11) is -0.557. The van der Waals surface area contributed by atoms with Crippen molar-refractivity contribution in [3.05, 3.63) is 60.3 Å². The monoisotopic (exact) mass is 403 g/mol. The first-order valence-corrected chi connectivity index (χ1v) is 10.3. The molecule has 0 aliphatic carbocycles. The topological polar surface area (TPSA) is 82.8 Å². The van der Waals surface area contributed by atoms with E-state index in [0.29, 0.717) is 6.54 Å². The molecule has 2 heterocycles. The number of rotatable bonds is 6. The first-order valence-electron chi connectivity index (χ1n) is 8.87. The maximum atomic E-state index is 14.2. The van der Waals surface area contributed by atoms with Gasteiger partial charge in [-0.25, -0.2) is 17.1 Å². The molecule has 1 aromatic carbocycles. The summed E-state index contributed by atoms with van der Waals surface area (Å²) in [4.78, 5) is 4.42. The van der Waals surface area contributed by atoms with E-state index in [2.05, 4.69) is 10.7 Å². The van der Waals surface area contributed by atoms with Crippen LogP contribution < -0.4 is 5.73 Å². The molecule has 0 amide bonds. The van der Waals surface area contributed by atoms with Gasteiger partial charge in [0.1, 0.15) is 5.83 Å². The third kappa shape index (κ3) is 3.58. The number of benzene rings is 1. The van der Waals surface area contributed by atoms with Crippen molar-refractivity contribution in [1.29, 1.82) is 0 Å². The number of pyridine rings is 1. The first-order chi connectivity index (χ1) is 13.3. The van der Waals surface area contributed by atoms with Gasteiger partial charge in [-0.2, -0.15) is 0 Å². The van der Waals surface area contributed by atoms with Gasteiger partial charge in [-0.15, -0.1) is 0 Å². The third-order valence-corrected chi connectivity index (χ3v) is 6.51. The molecule has 0 aliphatic heterocycles. The number of hydrogen-bond acceptors (Lipinski definition) is 3. The smallest absolute Gasteiger partial charge is 0.242 e. The highest BCUT2D eigenvalue weighted by atomic mass is 32.2. The van der Waals surface area contributed by atoms with Gasteiger partial charge >= 0.3 is 0 Å². The van der Waals surface area contributed by atoms with E-state index in [9.17, 15) is 12.8 Å². The number of sulfonamides is 1. The van der Waals surface area contributed by atoms with Crippen molar-refractivity contribution in [2.75, 3.05) is 20.6 Å². The Labute approximate surface area is 164 Å². The summed E-state index contributed by atoms with van der Waals surface area (Å²) >= 11 is 0. The Bertz CT molecular complexity index is 1150. The highest BCUT2D eigenvalue weighted by Crippen LogP contribution is 2.35. The molecule has 0 aliphatic rings. The number of hydrogen-bond donors (Lipinski definition) is 1. The number of nitrogens with zero attached hydrogens (tertiary/aromatic N) is 3. The van der Waals surface area contributed by atoms with Crippen LogP contribution in [-0.2, 0) is 16.6 Å². The minimum Gasteiger partial charge on any atom is -0.354 e. The average Bonchev–Trinajstić information content (AvgIpc) is 2.94. The average molecular weight is 404 g/mol. The van der Waals surface area contributed by atoms with E-state index in [1.807, 2.05) is 23.6 Å².